The molecular weight excluding hydrogens is 164 g/mol. The van der Waals surface area contributed by atoms with Gasteiger partial charge in [0.05, 0.1) is 24.2 Å². The zero-order valence-electron chi connectivity index (χ0n) is 7.82. The van der Waals surface area contributed by atoms with Gasteiger partial charge in [-0.15, -0.1) is 6.58 Å². The van der Waals surface area contributed by atoms with Crippen molar-refractivity contribution in [1.82, 2.24) is 0 Å². The molecule has 0 saturated carbocycles. The fourth-order valence-corrected chi connectivity index (χ4v) is 1.70. The van der Waals surface area contributed by atoms with Gasteiger partial charge in [-0.1, -0.05) is 6.08 Å². The SMILES string of the molecule is C=C[C@]1(C)CC[C@H](c2ccoc2)O1. The average Bonchev–Trinajstić information content (AvgIpc) is 2.73. The first-order valence-corrected chi connectivity index (χ1v) is 4.57. The summed E-state index contributed by atoms with van der Waals surface area (Å²) in [5.41, 5.74) is 0.979. The van der Waals surface area contributed by atoms with Gasteiger partial charge in [0.25, 0.3) is 0 Å². The first-order chi connectivity index (χ1) is 6.23. The number of furan rings is 1. The molecule has 0 aromatic carbocycles. The molecule has 0 spiro atoms. The summed E-state index contributed by atoms with van der Waals surface area (Å²) in [5.74, 6) is 0. The van der Waals surface area contributed by atoms with Crippen molar-refractivity contribution in [3.05, 3.63) is 36.8 Å². The molecule has 0 bridgehead atoms. The van der Waals surface area contributed by atoms with Crippen LogP contribution in [0.15, 0.2) is 35.7 Å². The molecule has 2 atom stereocenters. The summed E-state index contributed by atoms with van der Waals surface area (Å²) < 4.78 is 10.9. The van der Waals surface area contributed by atoms with Crippen molar-refractivity contribution in [2.24, 2.45) is 0 Å². The molecule has 2 nitrogen and oxygen atoms in total. The topological polar surface area (TPSA) is 22.4 Å². The molecule has 2 heteroatoms. The van der Waals surface area contributed by atoms with E-state index in [1.807, 2.05) is 12.1 Å². The highest BCUT2D eigenvalue weighted by molar-refractivity contribution is 5.13. The van der Waals surface area contributed by atoms with Crippen LogP contribution < -0.4 is 0 Å². The van der Waals surface area contributed by atoms with E-state index in [0.717, 1.165) is 18.4 Å². The summed E-state index contributed by atoms with van der Waals surface area (Å²) in [5, 5.41) is 0. The minimum atomic E-state index is -0.151. The molecule has 13 heavy (non-hydrogen) atoms. The molecule has 2 heterocycles. The van der Waals surface area contributed by atoms with Gasteiger partial charge in [-0.05, 0) is 25.8 Å². The van der Waals surface area contributed by atoms with Gasteiger partial charge in [-0.3, -0.25) is 0 Å². The van der Waals surface area contributed by atoms with Crippen molar-refractivity contribution in [3.8, 4) is 0 Å². The van der Waals surface area contributed by atoms with E-state index >= 15 is 0 Å². The predicted molar refractivity (Wildman–Crippen MR) is 50.4 cm³/mol. The Kier molecular flexibility index (Phi) is 2.00. The van der Waals surface area contributed by atoms with Crippen LogP contribution in [0.1, 0.15) is 31.4 Å². The second-order valence-corrected chi connectivity index (χ2v) is 3.72. The maximum absolute atomic E-state index is 5.86. The lowest BCUT2D eigenvalue weighted by Gasteiger charge is -2.19. The van der Waals surface area contributed by atoms with E-state index < -0.39 is 0 Å². The highest BCUT2D eigenvalue weighted by Crippen LogP contribution is 2.39. The van der Waals surface area contributed by atoms with Gasteiger partial charge in [0.2, 0.25) is 0 Å². The first kappa shape index (κ1) is 8.57. The molecule has 1 aliphatic heterocycles. The molecule has 70 valence electrons. The van der Waals surface area contributed by atoms with Crippen LogP contribution in [-0.2, 0) is 4.74 Å². The fourth-order valence-electron chi connectivity index (χ4n) is 1.70. The Morgan fingerprint density at radius 3 is 3.08 bits per heavy atom. The summed E-state index contributed by atoms with van der Waals surface area (Å²) >= 11 is 0. The quantitative estimate of drug-likeness (QED) is 0.649. The van der Waals surface area contributed by atoms with Gasteiger partial charge in [0.15, 0.2) is 0 Å². The van der Waals surface area contributed by atoms with Gasteiger partial charge in [0, 0.05) is 5.56 Å². The van der Waals surface area contributed by atoms with Crippen LogP contribution in [0, 0.1) is 0 Å². The molecule has 1 fully saturated rings. The minimum Gasteiger partial charge on any atom is -0.472 e. The number of hydrogen-bond acceptors (Lipinski definition) is 2. The van der Waals surface area contributed by atoms with Crippen molar-refractivity contribution in [2.45, 2.75) is 31.5 Å². The highest BCUT2D eigenvalue weighted by Gasteiger charge is 2.34. The van der Waals surface area contributed by atoms with Crippen LogP contribution in [0.5, 0.6) is 0 Å². The largest absolute Gasteiger partial charge is 0.472 e. The third-order valence-corrected chi connectivity index (χ3v) is 2.66. The Morgan fingerprint density at radius 2 is 2.54 bits per heavy atom. The molecule has 1 aliphatic rings. The van der Waals surface area contributed by atoms with Crippen molar-refractivity contribution in [3.63, 3.8) is 0 Å². The Balaban J connectivity index is 2.11. The molecule has 2 rings (SSSR count). The van der Waals surface area contributed by atoms with Crippen molar-refractivity contribution >= 4 is 0 Å². The Morgan fingerprint density at radius 1 is 1.69 bits per heavy atom. The Labute approximate surface area is 78.2 Å². The highest BCUT2D eigenvalue weighted by atomic mass is 16.5. The molecule has 0 radical (unpaired) electrons. The van der Waals surface area contributed by atoms with Crippen molar-refractivity contribution in [1.29, 1.82) is 0 Å². The summed E-state index contributed by atoms with van der Waals surface area (Å²) in [7, 11) is 0. The predicted octanol–water partition coefficient (Wildman–Crippen LogP) is 3.08. The molecule has 0 amide bonds. The van der Waals surface area contributed by atoms with Gasteiger partial charge in [-0.25, -0.2) is 0 Å². The monoisotopic (exact) mass is 178 g/mol. The summed E-state index contributed by atoms with van der Waals surface area (Å²) in [6, 6.07) is 1.96. The average molecular weight is 178 g/mol. The maximum Gasteiger partial charge on any atom is 0.0960 e. The minimum absolute atomic E-state index is 0.151. The molecule has 1 aromatic heterocycles. The third kappa shape index (κ3) is 1.54. The lowest BCUT2D eigenvalue weighted by Crippen LogP contribution is -2.19. The van der Waals surface area contributed by atoms with Crippen molar-refractivity contribution < 1.29 is 9.15 Å². The zero-order valence-corrected chi connectivity index (χ0v) is 7.82. The van der Waals surface area contributed by atoms with E-state index in [-0.39, 0.29) is 11.7 Å². The molecule has 1 aromatic rings. The second kappa shape index (κ2) is 3.04. The van der Waals surface area contributed by atoms with Crippen LogP contribution in [-0.4, -0.2) is 5.60 Å². The lowest BCUT2D eigenvalue weighted by atomic mass is 10.0. The summed E-state index contributed by atoms with van der Waals surface area (Å²) in [6.07, 6.45) is 7.57. The van der Waals surface area contributed by atoms with Crippen molar-refractivity contribution in [2.75, 3.05) is 0 Å². The number of rotatable bonds is 2. The molecule has 0 unspecified atom stereocenters. The van der Waals surface area contributed by atoms with Crippen LogP contribution in [0.4, 0.5) is 0 Å². The maximum atomic E-state index is 5.86. The summed E-state index contributed by atoms with van der Waals surface area (Å²) in [4.78, 5) is 0. The smallest absolute Gasteiger partial charge is 0.0960 e. The van der Waals surface area contributed by atoms with E-state index in [9.17, 15) is 0 Å². The normalized spacial score (nSPS) is 33.5. The molecule has 0 N–H and O–H groups in total. The van der Waals surface area contributed by atoms with Gasteiger partial charge < -0.3 is 9.15 Å². The Bertz CT molecular complexity index is 289. The number of ether oxygens (including phenoxy) is 1. The van der Waals surface area contributed by atoms with Crippen LogP contribution in [0.2, 0.25) is 0 Å². The summed E-state index contributed by atoms with van der Waals surface area (Å²) in [6.45, 7) is 5.85. The third-order valence-electron chi connectivity index (χ3n) is 2.66. The Hall–Kier alpha value is -1.02. The van der Waals surface area contributed by atoms with E-state index in [1.165, 1.54) is 0 Å². The van der Waals surface area contributed by atoms with E-state index in [0.29, 0.717) is 0 Å². The fraction of sp³-hybridized carbons (Fsp3) is 0.455. The van der Waals surface area contributed by atoms with Crippen LogP contribution in [0.3, 0.4) is 0 Å². The first-order valence-electron chi connectivity index (χ1n) is 4.57. The molecule has 1 saturated heterocycles. The second-order valence-electron chi connectivity index (χ2n) is 3.72. The van der Waals surface area contributed by atoms with Crippen LogP contribution in [0.25, 0.3) is 0 Å². The molecule has 0 aliphatic carbocycles. The van der Waals surface area contributed by atoms with Gasteiger partial charge in [0.1, 0.15) is 0 Å². The number of hydrogen-bond donors (Lipinski definition) is 0. The molecular formula is C11H14O2. The van der Waals surface area contributed by atoms with E-state index in [1.54, 1.807) is 12.5 Å². The lowest BCUT2D eigenvalue weighted by molar-refractivity contribution is 0.00384. The zero-order chi connectivity index (χ0) is 9.31. The van der Waals surface area contributed by atoms with E-state index in [2.05, 4.69) is 13.5 Å². The standard InChI is InChI=1S/C11H14O2/c1-3-11(2)6-4-10(13-11)9-5-7-12-8-9/h3,5,7-8,10H,1,4,6H2,2H3/t10-,11-/m1/s1. The van der Waals surface area contributed by atoms with Gasteiger partial charge in [-0.2, -0.15) is 0 Å². The van der Waals surface area contributed by atoms with Crippen LogP contribution >= 0.6 is 0 Å². The van der Waals surface area contributed by atoms with Gasteiger partial charge >= 0.3 is 0 Å². The van der Waals surface area contributed by atoms with E-state index in [4.69, 9.17) is 9.15 Å².